The van der Waals surface area contributed by atoms with Crippen LogP contribution in [0.4, 0.5) is 5.69 Å². The summed E-state index contributed by atoms with van der Waals surface area (Å²) in [5, 5.41) is 2.05. The van der Waals surface area contributed by atoms with Crippen molar-refractivity contribution in [2.45, 2.75) is 30.8 Å². The number of benzene rings is 2. The highest BCUT2D eigenvalue weighted by atomic mass is 32.2. The Balaban J connectivity index is 1.51. The molecule has 2 aromatic carbocycles. The molecular weight excluding hydrogens is 454 g/mol. The number of anilines is 1. The fraction of sp³-hybridized carbons (Fsp3) is 0.360. The molecule has 33 heavy (non-hydrogen) atoms. The lowest BCUT2D eigenvalue weighted by molar-refractivity contribution is 0.163. The fourth-order valence-corrected chi connectivity index (χ4v) is 6.64. The summed E-state index contributed by atoms with van der Waals surface area (Å²) in [6, 6.07) is 18.9. The molecule has 0 spiro atoms. The first-order chi connectivity index (χ1) is 15.9. The van der Waals surface area contributed by atoms with E-state index in [4.69, 9.17) is 4.74 Å². The average Bonchev–Trinajstić information content (AvgIpc) is 3.34. The summed E-state index contributed by atoms with van der Waals surface area (Å²) in [5.74, 6) is 0.875. The molecule has 2 unspecified atom stereocenters. The maximum absolute atomic E-state index is 13.1. The summed E-state index contributed by atoms with van der Waals surface area (Å²) in [6.07, 6.45) is 0. The van der Waals surface area contributed by atoms with Gasteiger partial charge in [0.05, 0.1) is 23.7 Å². The number of aryl methyl sites for hydroxylation is 1. The molecule has 0 saturated carbocycles. The van der Waals surface area contributed by atoms with E-state index in [-0.39, 0.29) is 12.1 Å². The highest BCUT2D eigenvalue weighted by Crippen LogP contribution is 2.33. The van der Waals surface area contributed by atoms with E-state index in [1.54, 1.807) is 30.6 Å². The first-order valence-corrected chi connectivity index (χ1v) is 13.5. The van der Waals surface area contributed by atoms with Crippen LogP contribution in [0.25, 0.3) is 0 Å². The van der Waals surface area contributed by atoms with E-state index in [0.29, 0.717) is 4.90 Å². The Labute approximate surface area is 200 Å². The van der Waals surface area contributed by atoms with E-state index in [1.165, 1.54) is 4.88 Å². The standard InChI is InChI=1S/C25H31N3O3S2/c1-19-10-12-21(13-11-19)33(29,30)26-20(2)25(24-9-6-18-32-24)28-16-14-27(15-17-28)22-7-4-5-8-23(22)31-3/h4-13,18,20,25-26H,14-17H2,1-3H3. The topological polar surface area (TPSA) is 61.9 Å². The molecule has 8 heteroatoms. The van der Waals surface area contributed by atoms with Gasteiger partial charge in [0.2, 0.25) is 10.0 Å². The molecule has 4 rings (SSSR count). The van der Waals surface area contributed by atoms with Crippen molar-refractivity contribution >= 4 is 27.0 Å². The molecule has 0 bridgehead atoms. The van der Waals surface area contributed by atoms with Crippen LogP contribution in [0.15, 0.2) is 70.9 Å². The second-order valence-electron chi connectivity index (χ2n) is 8.38. The van der Waals surface area contributed by atoms with Crippen molar-refractivity contribution in [3.05, 3.63) is 76.5 Å². The number of ether oxygens (including phenoxy) is 1. The molecule has 0 radical (unpaired) electrons. The lowest BCUT2D eigenvalue weighted by atomic mass is 10.1. The molecule has 2 atom stereocenters. The van der Waals surface area contributed by atoms with Crippen LogP contribution < -0.4 is 14.4 Å². The normalized spacial score (nSPS) is 17.0. The Kier molecular flexibility index (Phi) is 7.38. The number of methoxy groups -OCH3 is 1. The van der Waals surface area contributed by atoms with Gasteiger partial charge >= 0.3 is 0 Å². The Morgan fingerprint density at radius 2 is 1.67 bits per heavy atom. The number of hydrogen-bond acceptors (Lipinski definition) is 6. The number of rotatable bonds is 8. The average molecular weight is 486 g/mol. The molecule has 1 N–H and O–H groups in total. The van der Waals surface area contributed by atoms with Crippen LogP contribution in [0.5, 0.6) is 5.75 Å². The van der Waals surface area contributed by atoms with Gasteiger partial charge in [-0.05, 0) is 49.6 Å². The van der Waals surface area contributed by atoms with Gasteiger partial charge in [-0.3, -0.25) is 4.90 Å². The summed E-state index contributed by atoms with van der Waals surface area (Å²) >= 11 is 1.67. The molecule has 1 aliphatic rings. The fourth-order valence-electron chi connectivity index (χ4n) is 4.43. The zero-order valence-corrected chi connectivity index (χ0v) is 20.9. The molecule has 0 aliphatic carbocycles. The van der Waals surface area contributed by atoms with Crippen molar-refractivity contribution in [3.8, 4) is 5.75 Å². The van der Waals surface area contributed by atoms with Gasteiger partial charge in [-0.15, -0.1) is 11.3 Å². The number of thiophene rings is 1. The second-order valence-corrected chi connectivity index (χ2v) is 11.1. The van der Waals surface area contributed by atoms with Crippen LogP contribution in [0.2, 0.25) is 0 Å². The molecule has 1 aliphatic heterocycles. The van der Waals surface area contributed by atoms with Crippen LogP contribution in [-0.4, -0.2) is 52.6 Å². The van der Waals surface area contributed by atoms with Gasteiger partial charge in [-0.25, -0.2) is 13.1 Å². The Bertz CT molecular complexity index is 1140. The van der Waals surface area contributed by atoms with Gasteiger partial charge < -0.3 is 9.64 Å². The third kappa shape index (κ3) is 5.41. The second kappa shape index (κ2) is 10.3. The predicted molar refractivity (Wildman–Crippen MR) is 135 cm³/mol. The lowest BCUT2D eigenvalue weighted by Crippen LogP contribution is -2.52. The minimum Gasteiger partial charge on any atom is -0.495 e. The van der Waals surface area contributed by atoms with Crippen LogP contribution in [0, 0.1) is 6.92 Å². The Hall–Kier alpha value is -2.39. The number of sulfonamides is 1. The van der Waals surface area contributed by atoms with Crippen molar-refractivity contribution < 1.29 is 13.2 Å². The minimum absolute atomic E-state index is 0.0370. The van der Waals surface area contributed by atoms with Gasteiger partial charge in [-0.2, -0.15) is 0 Å². The molecule has 1 fully saturated rings. The quantitative estimate of drug-likeness (QED) is 0.516. The summed E-state index contributed by atoms with van der Waals surface area (Å²) in [5.41, 5.74) is 2.13. The van der Waals surface area contributed by atoms with Gasteiger partial charge in [0.25, 0.3) is 0 Å². The Morgan fingerprint density at radius 3 is 2.30 bits per heavy atom. The SMILES string of the molecule is COc1ccccc1N1CCN(C(c2cccs2)C(C)NS(=O)(=O)c2ccc(C)cc2)CC1. The highest BCUT2D eigenvalue weighted by Gasteiger charge is 2.33. The molecule has 6 nitrogen and oxygen atoms in total. The van der Waals surface area contributed by atoms with Crippen molar-refractivity contribution in [1.29, 1.82) is 0 Å². The monoisotopic (exact) mass is 485 g/mol. The maximum atomic E-state index is 13.1. The minimum atomic E-state index is -3.61. The number of nitrogens with one attached hydrogen (secondary N) is 1. The molecule has 1 aromatic heterocycles. The van der Waals surface area contributed by atoms with E-state index in [0.717, 1.165) is 43.2 Å². The predicted octanol–water partition coefficient (Wildman–Crippen LogP) is 4.30. The number of piperazine rings is 1. The van der Waals surface area contributed by atoms with Crippen molar-refractivity contribution in [2.24, 2.45) is 0 Å². The molecule has 1 saturated heterocycles. The number of para-hydroxylation sites is 2. The summed E-state index contributed by atoms with van der Waals surface area (Å²) in [7, 11) is -1.91. The smallest absolute Gasteiger partial charge is 0.240 e. The highest BCUT2D eigenvalue weighted by molar-refractivity contribution is 7.89. The molecular formula is C25H31N3O3S2. The summed E-state index contributed by atoms with van der Waals surface area (Å²) in [4.78, 5) is 6.19. The zero-order valence-electron chi connectivity index (χ0n) is 19.3. The lowest BCUT2D eigenvalue weighted by Gasteiger charge is -2.42. The maximum Gasteiger partial charge on any atom is 0.240 e. The van der Waals surface area contributed by atoms with Gasteiger partial charge in [0, 0.05) is 37.1 Å². The van der Waals surface area contributed by atoms with E-state index < -0.39 is 10.0 Å². The van der Waals surface area contributed by atoms with Crippen LogP contribution in [0.1, 0.15) is 23.4 Å². The largest absolute Gasteiger partial charge is 0.495 e. The summed E-state index contributed by atoms with van der Waals surface area (Å²) in [6.45, 7) is 7.26. The van der Waals surface area contributed by atoms with Crippen molar-refractivity contribution in [3.63, 3.8) is 0 Å². The molecule has 3 aromatic rings. The van der Waals surface area contributed by atoms with Crippen LogP contribution in [0.3, 0.4) is 0 Å². The van der Waals surface area contributed by atoms with E-state index >= 15 is 0 Å². The van der Waals surface area contributed by atoms with E-state index in [2.05, 4.69) is 32.0 Å². The van der Waals surface area contributed by atoms with Crippen LogP contribution in [-0.2, 0) is 10.0 Å². The first kappa shape index (κ1) is 23.8. The zero-order chi connectivity index (χ0) is 23.4. The summed E-state index contributed by atoms with van der Waals surface area (Å²) < 4.78 is 34.6. The number of hydrogen-bond donors (Lipinski definition) is 1. The van der Waals surface area contributed by atoms with Crippen molar-refractivity contribution in [2.75, 3.05) is 38.2 Å². The molecule has 2 heterocycles. The van der Waals surface area contributed by atoms with Gasteiger partial charge in [0.15, 0.2) is 0 Å². The van der Waals surface area contributed by atoms with Crippen LogP contribution >= 0.6 is 11.3 Å². The van der Waals surface area contributed by atoms with E-state index in [9.17, 15) is 8.42 Å². The first-order valence-electron chi connectivity index (χ1n) is 11.1. The molecule has 176 valence electrons. The Morgan fingerprint density at radius 1 is 0.970 bits per heavy atom. The van der Waals surface area contributed by atoms with Gasteiger partial charge in [-0.1, -0.05) is 35.9 Å². The third-order valence-electron chi connectivity index (χ3n) is 6.11. The van der Waals surface area contributed by atoms with Gasteiger partial charge in [0.1, 0.15) is 5.75 Å². The molecule has 0 amide bonds. The van der Waals surface area contributed by atoms with Crippen molar-refractivity contribution in [1.82, 2.24) is 9.62 Å². The van der Waals surface area contributed by atoms with E-state index in [1.807, 2.05) is 50.2 Å². The third-order valence-corrected chi connectivity index (χ3v) is 8.63. The number of nitrogens with zero attached hydrogens (tertiary/aromatic N) is 2.